The molecule has 9 heteroatoms. The number of carbonyl (C=O) groups excluding carboxylic acids is 2. The summed E-state index contributed by atoms with van der Waals surface area (Å²) in [5.74, 6) is 1.98. The summed E-state index contributed by atoms with van der Waals surface area (Å²) < 4.78 is 16.5. The minimum absolute atomic E-state index is 0.0306. The Labute approximate surface area is 241 Å². The highest BCUT2D eigenvalue weighted by atomic mass is 32.1. The van der Waals surface area contributed by atoms with Gasteiger partial charge in [0.2, 0.25) is 5.91 Å². The van der Waals surface area contributed by atoms with Gasteiger partial charge in [-0.2, -0.15) is 0 Å². The predicted molar refractivity (Wildman–Crippen MR) is 161 cm³/mol. The minimum Gasteiger partial charge on any atom is -0.493 e. The van der Waals surface area contributed by atoms with Gasteiger partial charge in [-0.3, -0.25) is 4.79 Å². The summed E-state index contributed by atoms with van der Waals surface area (Å²) in [6.45, 7) is 9.89. The van der Waals surface area contributed by atoms with Crippen molar-refractivity contribution in [2.75, 3.05) is 45.8 Å². The van der Waals surface area contributed by atoms with Crippen LogP contribution in [0.4, 0.5) is 10.5 Å². The molecule has 0 saturated carbocycles. The number of thiophene rings is 1. The number of methoxy groups -OCH3 is 2. The van der Waals surface area contributed by atoms with Crippen LogP contribution in [-0.4, -0.2) is 62.2 Å². The van der Waals surface area contributed by atoms with Gasteiger partial charge in [0, 0.05) is 18.0 Å². The van der Waals surface area contributed by atoms with E-state index in [2.05, 4.69) is 18.3 Å². The lowest BCUT2D eigenvalue weighted by Gasteiger charge is -2.29. The standard InChI is InChI=1S/C31H41N3O5S/c1-7-39-26-11-9-8-10-25(26)32-31(36)34(19-22(2)3)21-30(35)33(20-29-23(4)15-17-40-29)16-14-24-12-13-27(37-5)28(18-24)38-6/h8-13,15,17-18,22H,7,14,16,19-21H2,1-6H3,(H,32,36). The Morgan fingerprint density at radius 3 is 2.38 bits per heavy atom. The van der Waals surface area contributed by atoms with E-state index in [-0.39, 0.29) is 24.4 Å². The van der Waals surface area contributed by atoms with E-state index in [0.717, 1.165) is 16.0 Å². The van der Waals surface area contributed by atoms with Gasteiger partial charge >= 0.3 is 6.03 Å². The molecule has 40 heavy (non-hydrogen) atoms. The molecule has 8 nitrogen and oxygen atoms in total. The molecule has 1 N–H and O–H groups in total. The first kappa shape index (κ1) is 30.8. The summed E-state index contributed by atoms with van der Waals surface area (Å²) in [6, 6.07) is 14.8. The molecular weight excluding hydrogens is 526 g/mol. The van der Waals surface area contributed by atoms with Crippen LogP contribution in [0.2, 0.25) is 0 Å². The van der Waals surface area contributed by atoms with Crippen LogP contribution in [0, 0.1) is 12.8 Å². The predicted octanol–water partition coefficient (Wildman–Crippen LogP) is 6.23. The number of benzene rings is 2. The molecule has 216 valence electrons. The molecule has 0 unspecified atom stereocenters. The summed E-state index contributed by atoms with van der Waals surface area (Å²) in [7, 11) is 3.22. The number of aryl methyl sites for hydroxylation is 1. The molecule has 0 aliphatic carbocycles. The first-order chi connectivity index (χ1) is 19.2. The number of carbonyl (C=O) groups is 2. The number of ether oxygens (including phenoxy) is 3. The van der Waals surface area contributed by atoms with Crippen LogP contribution < -0.4 is 19.5 Å². The van der Waals surface area contributed by atoms with E-state index in [1.165, 1.54) is 0 Å². The molecule has 0 atom stereocenters. The third-order valence-electron chi connectivity index (χ3n) is 6.40. The number of para-hydroxylation sites is 2. The van der Waals surface area contributed by atoms with E-state index in [1.807, 2.05) is 67.4 Å². The number of nitrogens with zero attached hydrogens (tertiary/aromatic N) is 2. The number of anilines is 1. The maximum atomic E-state index is 13.8. The fraction of sp³-hybridized carbons (Fsp3) is 0.419. The van der Waals surface area contributed by atoms with Gasteiger partial charge in [0.15, 0.2) is 11.5 Å². The highest BCUT2D eigenvalue weighted by molar-refractivity contribution is 7.10. The van der Waals surface area contributed by atoms with Crippen LogP contribution >= 0.6 is 11.3 Å². The summed E-state index contributed by atoms with van der Waals surface area (Å²) in [5, 5.41) is 4.99. The highest BCUT2D eigenvalue weighted by Crippen LogP contribution is 2.28. The van der Waals surface area contributed by atoms with Crippen molar-refractivity contribution in [2.24, 2.45) is 5.92 Å². The van der Waals surface area contributed by atoms with Gasteiger partial charge in [0.25, 0.3) is 0 Å². The van der Waals surface area contributed by atoms with Crippen LogP contribution in [0.3, 0.4) is 0 Å². The highest BCUT2D eigenvalue weighted by Gasteiger charge is 2.24. The Balaban J connectivity index is 1.79. The molecule has 3 amide bonds. The number of urea groups is 1. The van der Waals surface area contributed by atoms with Gasteiger partial charge in [0.1, 0.15) is 12.3 Å². The average Bonchev–Trinajstić information content (AvgIpc) is 3.35. The van der Waals surface area contributed by atoms with E-state index >= 15 is 0 Å². The Morgan fingerprint density at radius 2 is 1.73 bits per heavy atom. The van der Waals surface area contributed by atoms with E-state index in [0.29, 0.717) is 55.6 Å². The lowest BCUT2D eigenvalue weighted by molar-refractivity contribution is -0.132. The van der Waals surface area contributed by atoms with E-state index < -0.39 is 0 Å². The third kappa shape index (κ3) is 8.64. The first-order valence-electron chi connectivity index (χ1n) is 13.5. The molecule has 0 fully saturated rings. The average molecular weight is 568 g/mol. The van der Waals surface area contributed by atoms with E-state index in [9.17, 15) is 9.59 Å². The van der Waals surface area contributed by atoms with Crippen LogP contribution in [-0.2, 0) is 17.8 Å². The van der Waals surface area contributed by atoms with Crippen LogP contribution in [0.5, 0.6) is 17.2 Å². The lowest BCUT2D eigenvalue weighted by Crippen LogP contribution is -2.46. The quantitative estimate of drug-likeness (QED) is 0.250. The zero-order valence-electron chi connectivity index (χ0n) is 24.4. The Bertz CT molecular complexity index is 1260. The third-order valence-corrected chi connectivity index (χ3v) is 7.41. The van der Waals surface area contributed by atoms with Gasteiger partial charge in [0.05, 0.1) is 33.1 Å². The van der Waals surface area contributed by atoms with Gasteiger partial charge in [-0.25, -0.2) is 4.79 Å². The summed E-state index contributed by atoms with van der Waals surface area (Å²) in [4.78, 5) is 31.7. The molecule has 0 radical (unpaired) electrons. The molecule has 3 rings (SSSR count). The smallest absolute Gasteiger partial charge is 0.322 e. The zero-order chi connectivity index (χ0) is 29.1. The molecule has 0 bridgehead atoms. The zero-order valence-corrected chi connectivity index (χ0v) is 25.2. The monoisotopic (exact) mass is 567 g/mol. The fourth-order valence-corrected chi connectivity index (χ4v) is 5.22. The Hall–Kier alpha value is -3.72. The minimum atomic E-state index is -0.332. The summed E-state index contributed by atoms with van der Waals surface area (Å²) >= 11 is 1.63. The van der Waals surface area contributed by atoms with E-state index in [4.69, 9.17) is 14.2 Å². The van der Waals surface area contributed by atoms with Gasteiger partial charge < -0.3 is 29.3 Å². The second-order valence-electron chi connectivity index (χ2n) is 9.92. The molecular formula is C31H41N3O5S. The first-order valence-corrected chi connectivity index (χ1v) is 14.4. The maximum absolute atomic E-state index is 13.8. The van der Waals surface area contributed by atoms with Gasteiger partial charge in [-0.15, -0.1) is 11.3 Å². The van der Waals surface area contributed by atoms with Crippen molar-refractivity contribution >= 4 is 29.0 Å². The Morgan fingerprint density at radius 1 is 0.975 bits per heavy atom. The lowest BCUT2D eigenvalue weighted by atomic mass is 10.1. The molecule has 1 aromatic heterocycles. The van der Waals surface area contributed by atoms with Crippen LogP contribution in [0.25, 0.3) is 0 Å². The van der Waals surface area contributed by atoms with Crippen LogP contribution in [0.15, 0.2) is 53.9 Å². The fourth-order valence-electron chi connectivity index (χ4n) is 4.30. The largest absolute Gasteiger partial charge is 0.493 e. The molecule has 0 spiro atoms. The number of rotatable bonds is 14. The van der Waals surface area contributed by atoms with Crippen molar-refractivity contribution in [3.8, 4) is 17.2 Å². The van der Waals surface area contributed by atoms with E-state index in [1.54, 1.807) is 36.5 Å². The second kappa shape index (κ2) is 15.2. The number of hydrogen-bond donors (Lipinski definition) is 1. The normalized spacial score (nSPS) is 10.8. The van der Waals surface area contributed by atoms with Crippen molar-refractivity contribution in [3.05, 3.63) is 69.9 Å². The van der Waals surface area contributed by atoms with Crippen molar-refractivity contribution in [1.29, 1.82) is 0 Å². The molecule has 0 aliphatic rings. The molecule has 0 saturated heterocycles. The summed E-state index contributed by atoms with van der Waals surface area (Å²) in [5.41, 5.74) is 2.76. The van der Waals surface area contributed by atoms with Crippen molar-refractivity contribution in [1.82, 2.24) is 9.80 Å². The van der Waals surface area contributed by atoms with Crippen LogP contribution in [0.1, 0.15) is 36.8 Å². The molecule has 3 aromatic rings. The number of amides is 3. The maximum Gasteiger partial charge on any atom is 0.322 e. The molecule has 0 aliphatic heterocycles. The van der Waals surface area contributed by atoms with Crippen molar-refractivity contribution < 1.29 is 23.8 Å². The van der Waals surface area contributed by atoms with Gasteiger partial charge in [-0.1, -0.05) is 32.0 Å². The Kier molecular flexibility index (Phi) is 11.7. The summed E-state index contributed by atoms with van der Waals surface area (Å²) in [6.07, 6.45) is 0.634. The van der Waals surface area contributed by atoms with Crippen molar-refractivity contribution in [3.63, 3.8) is 0 Å². The molecule has 2 aromatic carbocycles. The van der Waals surface area contributed by atoms with Gasteiger partial charge in [-0.05, 0) is 73.0 Å². The van der Waals surface area contributed by atoms with Crippen molar-refractivity contribution in [2.45, 2.75) is 40.7 Å². The number of hydrogen-bond acceptors (Lipinski definition) is 6. The SMILES string of the molecule is CCOc1ccccc1NC(=O)N(CC(=O)N(CCc1ccc(OC)c(OC)c1)Cc1sccc1C)CC(C)C. The number of nitrogens with one attached hydrogen (secondary N) is 1. The topological polar surface area (TPSA) is 80.3 Å². The second-order valence-corrected chi connectivity index (χ2v) is 10.9. The molecule has 1 heterocycles.